The van der Waals surface area contributed by atoms with Crippen molar-refractivity contribution in [3.63, 3.8) is 0 Å². The molecule has 2 N–H and O–H groups in total. The highest BCUT2D eigenvalue weighted by Crippen LogP contribution is 2.34. The van der Waals surface area contributed by atoms with Gasteiger partial charge in [0.1, 0.15) is 5.69 Å². The molecular weight excluding hydrogens is 340 g/mol. The fraction of sp³-hybridized carbons (Fsp3) is 0.143. The van der Waals surface area contributed by atoms with E-state index in [9.17, 15) is 0 Å². The summed E-state index contributed by atoms with van der Waals surface area (Å²) in [6.07, 6.45) is 0. The second-order valence-corrected chi connectivity index (χ2v) is 7.18. The van der Waals surface area contributed by atoms with Crippen molar-refractivity contribution in [2.45, 2.75) is 13.8 Å². The molecule has 3 aromatic rings. The molecule has 4 nitrogen and oxygen atoms in total. The van der Waals surface area contributed by atoms with Crippen molar-refractivity contribution in [3.8, 4) is 22.5 Å². The number of nitrogens with one attached hydrogen (secondary N) is 2. The Kier molecular flexibility index (Phi) is 4.39. The third-order valence-electron chi connectivity index (χ3n) is 4.36. The first-order valence-corrected chi connectivity index (χ1v) is 9.47. The smallest absolute Gasteiger partial charge is 0.164 e. The molecule has 4 rings (SSSR count). The summed E-state index contributed by atoms with van der Waals surface area (Å²) in [5, 5.41) is 3.26. The standard InChI is InChI=1S/C21H20N4S/c1-13-4-8-16(9-5-13)19-20(17-10-6-14(2)7-11-17)24-21-18(23-19)15(3)22-12-26-25-21/h4-11,22H,3,12H2,1-2H3,(H,24,25). The van der Waals surface area contributed by atoms with E-state index in [1.54, 1.807) is 11.9 Å². The van der Waals surface area contributed by atoms with Crippen molar-refractivity contribution in [1.82, 2.24) is 15.3 Å². The first-order chi connectivity index (χ1) is 12.6. The van der Waals surface area contributed by atoms with Crippen LogP contribution in [0.2, 0.25) is 0 Å². The van der Waals surface area contributed by atoms with Crippen LogP contribution in [0.3, 0.4) is 0 Å². The lowest BCUT2D eigenvalue weighted by atomic mass is 10.0. The van der Waals surface area contributed by atoms with Gasteiger partial charge in [0.15, 0.2) is 5.82 Å². The number of anilines is 1. The number of aromatic nitrogens is 2. The predicted octanol–water partition coefficient (Wildman–Crippen LogP) is 5.02. The molecule has 2 heterocycles. The van der Waals surface area contributed by atoms with Crippen LogP contribution in [0.4, 0.5) is 5.82 Å². The minimum Gasteiger partial charge on any atom is -0.373 e. The summed E-state index contributed by atoms with van der Waals surface area (Å²) in [4.78, 5) is 9.88. The molecule has 2 aromatic carbocycles. The summed E-state index contributed by atoms with van der Waals surface area (Å²) in [7, 11) is 0. The molecule has 0 atom stereocenters. The molecule has 1 aliphatic heterocycles. The van der Waals surface area contributed by atoms with Gasteiger partial charge in [0, 0.05) is 11.1 Å². The Bertz CT molecular complexity index is 963. The highest BCUT2D eigenvalue weighted by molar-refractivity contribution is 8.00. The molecule has 5 heteroatoms. The minimum atomic E-state index is 0.719. The number of rotatable bonds is 2. The van der Waals surface area contributed by atoms with Gasteiger partial charge in [0.2, 0.25) is 0 Å². The van der Waals surface area contributed by atoms with Gasteiger partial charge in [-0.1, -0.05) is 66.2 Å². The van der Waals surface area contributed by atoms with E-state index in [2.05, 4.69) is 79.0 Å². The predicted molar refractivity (Wildman–Crippen MR) is 111 cm³/mol. The topological polar surface area (TPSA) is 49.8 Å². The van der Waals surface area contributed by atoms with E-state index in [1.165, 1.54) is 11.1 Å². The Balaban J connectivity index is 1.95. The van der Waals surface area contributed by atoms with Gasteiger partial charge in [-0.25, -0.2) is 9.97 Å². The van der Waals surface area contributed by atoms with Gasteiger partial charge in [0.25, 0.3) is 0 Å². The van der Waals surface area contributed by atoms with E-state index in [4.69, 9.17) is 9.97 Å². The van der Waals surface area contributed by atoms with Gasteiger partial charge < -0.3 is 10.0 Å². The van der Waals surface area contributed by atoms with E-state index < -0.39 is 0 Å². The monoisotopic (exact) mass is 360 g/mol. The lowest BCUT2D eigenvalue weighted by Crippen LogP contribution is -2.10. The molecule has 0 bridgehead atoms. The van der Waals surface area contributed by atoms with Crippen LogP contribution in [0.15, 0.2) is 55.1 Å². The van der Waals surface area contributed by atoms with Crippen molar-refractivity contribution < 1.29 is 0 Å². The summed E-state index contributed by atoms with van der Waals surface area (Å²) in [6.45, 7) is 8.28. The van der Waals surface area contributed by atoms with E-state index in [0.29, 0.717) is 0 Å². The van der Waals surface area contributed by atoms with E-state index in [-0.39, 0.29) is 0 Å². The van der Waals surface area contributed by atoms with E-state index >= 15 is 0 Å². The Hall–Kier alpha value is -2.79. The van der Waals surface area contributed by atoms with Crippen LogP contribution in [0.25, 0.3) is 28.2 Å². The molecular formula is C21H20N4S. The zero-order chi connectivity index (χ0) is 18.1. The van der Waals surface area contributed by atoms with Gasteiger partial charge in [-0.05, 0) is 25.8 Å². The van der Waals surface area contributed by atoms with Crippen LogP contribution in [0.1, 0.15) is 16.8 Å². The number of hydrogen-bond acceptors (Lipinski definition) is 5. The van der Waals surface area contributed by atoms with Gasteiger partial charge >= 0.3 is 0 Å². The largest absolute Gasteiger partial charge is 0.373 e. The molecule has 0 aliphatic carbocycles. The van der Waals surface area contributed by atoms with Crippen molar-refractivity contribution in [1.29, 1.82) is 0 Å². The average molecular weight is 360 g/mol. The highest BCUT2D eigenvalue weighted by Gasteiger charge is 2.20. The molecule has 0 amide bonds. The Morgan fingerprint density at radius 1 is 0.808 bits per heavy atom. The number of aryl methyl sites for hydroxylation is 2. The first-order valence-electron chi connectivity index (χ1n) is 8.49. The summed E-state index contributed by atoms with van der Waals surface area (Å²) in [5.41, 5.74) is 7.83. The van der Waals surface area contributed by atoms with Crippen molar-refractivity contribution in [3.05, 3.63) is 71.9 Å². The molecule has 26 heavy (non-hydrogen) atoms. The third kappa shape index (κ3) is 3.18. The SMILES string of the molecule is C=C1NCSNc2nc(-c3ccc(C)cc3)c(-c3ccc(C)cc3)nc21. The number of fused-ring (bicyclic) bond motifs is 1. The second kappa shape index (κ2) is 6.84. The van der Waals surface area contributed by atoms with Crippen molar-refractivity contribution in [2.75, 3.05) is 10.6 Å². The quantitative estimate of drug-likeness (QED) is 0.629. The Morgan fingerprint density at radius 3 is 1.92 bits per heavy atom. The van der Waals surface area contributed by atoms with Crippen LogP contribution in [-0.4, -0.2) is 15.8 Å². The molecule has 0 unspecified atom stereocenters. The molecule has 0 spiro atoms. The number of hydrogen-bond donors (Lipinski definition) is 2. The average Bonchev–Trinajstić information content (AvgIpc) is 2.83. The molecule has 0 saturated carbocycles. The molecule has 0 saturated heterocycles. The van der Waals surface area contributed by atoms with Gasteiger partial charge in [-0.3, -0.25) is 0 Å². The van der Waals surface area contributed by atoms with Crippen LogP contribution >= 0.6 is 11.9 Å². The zero-order valence-corrected chi connectivity index (χ0v) is 15.7. The molecule has 0 fully saturated rings. The van der Waals surface area contributed by atoms with Crippen LogP contribution in [-0.2, 0) is 0 Å². The minimum absolute atomic E-state index is 0.719. The van der Waals surface area contributed by atoms with Gasteiger partial charge in [-0.2, -0.15) is 0 Å². The number of benzene rings is 2. The van der Waals surface area contributed by atoms with Crippen molar-refractivity contribution >= 4 is 23.5 Å². The zero-order valence-electron chi connectivity index (χ0n) is 14.8. The summed E-state index contributed by atoms with van der Waals surface area (Å²) in [6, 6.07) is 16.8. The Labute approximate surface area is 157 Å². The lowest BCUT2D eigenvalue weighted by Gasteiger charge is -2.14. The van der Waals surface area contributed by atoms with Gasteiger partial charge in [-0.15, -0.1) is 0 Å². The normalized spacial score (nSPS) is 13.4. The molecule has 130 valence electrons. The Morgan fingerprint density at radius 2 is 1.35 bits per heavy atom. The second-order valence-electron chi connectivity index (χ2n) is 6.40. The van der Waals surface area contributed by atoms with Gasteiger partial charge in [0.05, 0.1) is 23.0 Å². The van der Waals surface area contributed by atoms with Crippen LogP contribution in [0, 0.1) is 13.8 Å². The maximum absolute atomic E-state index is 4.95. The first kappa shape index (κ1) is 16.7. The fourth-order valence-electron chi connectivity index (χ4n) is 2.85. The third-order valence-corrected chi connectivity index (χ3v) is 4.98. The summed E-state index contributed by atoms with van der Waals surface area (Å²) >= 11 is 1.55. The van der Waals surface area contributed by atoms with Crippen LogP contribution < -0.4 is 10.0 Å². The van der Waals surface area contributed by atoms with E-state index in [1.807, 2.05) is 0 Å². The number of nitrogens with zero attached hydrogens (tertiary/aromatic N) is 2. The molecule has 1 aliphatic rings. The fourth-order valence-corrected chi connectivity index (χ4v) is 3.45. The van der Waals surface area contributed by atoms with Crippen LogP contribution in [0.5, 0.6) is 0 Å². The molecule has 0 radical (unpaired) electrons. The summed E-state index contributed by atoms with van der Waals surface area (Å²) in [5.74, 6) is 1.47. The maximum atomic E-state index is 4.95. The van der Waals surface area contributed by atoms with E-state index in [0.717, 1.165) is 45.6 Å². The lowest BCUT2D eigenvalue weighted by molar-refractivity contribution is 1.07. The molecule has 1 aromatic heterocycles. The summed E-state index contributed by atoms with van der Waals surface area (Å²) < 4.78 is 3.28. The maximum Gasteiger partial charge on any atom is 0.164 e. The highest BCUT2D eigenvalue weighted by atomic mass is 32.2. The van der Waals surface area contributed by atoms with Crippen molar-refractivity contribution in [2.24, 2.45) is 0 Å².